The van der Waals surface area contributed by atoms with Crippen LogP contribution in [0.15, 0.2) is 4.52 Å². The Morgan fingerprint density at radius 1 is 1.27 bits per heavy atom. The van der Waals surface area contributed by atoms with Gasteiger partial charge in [-0.2, -0.15) is 16.7 Å². The molecule has 22 heavy (non-hydrogen) atoms. The average molecular weight is 327 g/mol. The molecule has 126 valence electrons. The van der Waals surface area contributed by atoms with Crippen LogP contribution in [-0.2, 0) is 16.6 Å². The Balaban J connectivity index is 2.42. The maximum absolute atomic E-state index is 12.0. The Morgan fingerprint density at radius 3 is 2.36 bits per heavy atom. The van der Waals surface area contributed by atoms with Gasteiger partial charge in [0, 0.05) is 30.1 Å². The molecule has 0 unspecified atom stereocenters. The minimum absolute atomic E-state index is 0.0267. The van der Waals surface area contributed by atoms with Gasteiger partial charge in [-0.25, -0.2) is 0 Å². The summed E-state index contributed by atoms with van der Waals surface area (Å²) >= 11 is 1.78. The molecule has 0 saturated heterocycles. The third-order valence-electron chi connectivity index (χ3n) is 3.44. The summed E-state index contributed by atoms with van der Waals surface area (Å²) in [5.74, 6) is 1.23. The maximum atomic E-state index is 12.0. The van der Waals surface area contributed by atoms with E-state index in [0.29, 0.717) is 36.4 Å². The number of nitrogens with zero attached hydrogens (tertiary/aromatic N) is 2. The summed E-state index contributed by atoms with van der Waals surface area (Å²) in [7, 11) is 0. The molecule has 0 aliphatic carbocycles. The number of rotatable bonds is 6. The lowest BCUT2D eigenvalue weighted by Gasteiger charge is -2.29. The van der Waals surface area contributed by atoms with Crippen molar-refractivity contribution in [1.82, 2.24) is 15.5 Å². The molecule has 0 aliphatic rings. The zero-order chi connectivity index (χ0) is 17.0. The Morgan fingerprint density at radius 2 is 1.91 bits per heavy atom. The van der Waals surface area contributed by atoms with E-state index in [2.05, 4.69) is 42.5 Å². The van der Waals surface area contributed by atoms with E-state index in [9.17, 15) is 4.79 Å². The van der Waals surface area contributed by atoms with E-state index < -0.39 is 0 Å². The fourth-order valence-corrected chi connectivity index (χ4v) is 2.88. The first-order chi connectivity index (χ1) is 10.0. The highest BCUT2D eigenvalue weighted by Crippen LogP contribution is 2.28. The second-order valence-corrected chi connectivity index (χ2v) is 8.70. The molecule has 6 heteroatoms. The van der Waals surface area contributed by atoms with E-state index in [1.54, 1.807) is 11.8 Å². The van der Waals surface area contributed by atoms with Crippen LogP contribution in [0, 0.1) is 5.41 Å². The first-order valence-electron chi connectivity index (χ1n) is 7.66. The number of aryl methyl sites for hydroxylation is 1. The molecule has 0 aromatic carbocycles. The standard InChI is InChI=1S/C16H29N3O2S/c1-15(2,3)11(22-7)10-17-12(20)8-9-13-18-14(19-21-13)16(4,5)6/h11H,8-10H2,1-7H3,(H,17,20)/t11-/m0/s1. The number of hydrogen-bond donors (Lipinski definition) is 1. The summed E-state index contributed by atoms with van der Waals surface area (Å²) in [5, 5.41) is 7.36. The fourth-order valence-electron chi connectivity index (χ4n) is 1.92. The predicted molar refractivity (Wildman–Crippen MR) is 91.1 cm³/mol. The molecular weight excluding hydrogens is 298 g/mol. The van der Waals surface area contributed by atoms with Crippen molar-refractivity contribution < 1.29 is 9.32 Å². The zero-order valence-electron chi connectivity index (χ0n) is 14.8. The molecule has 1 N–H and O–H groups in total. The minimum Gasteiger partial charge on any atom is -0.355 e. The average Bonchev–Trinajstić information content (AvgIpc) is 2.84. The van der Waals surface area contributed by atoms with E-state index >= 15 is 0 Å². The quantitative estimate of drug-likeness (QED) is 0.869. The Kier molecular flexibility index (Phi) is 6.47. The molecule has 0 spiro atoms. The first-order valence-corrected chi connectivity index (χ1v) is 8.95. The molecule has 0 radical (unpaired) electrons. The van der Waals surface area contributed by atoms with Gasteiger partial charge < -0.3 is 9.84 Å². The van der Waals surface area contributed by atoms with Gasteiger partial charge in [0.1, 0.15) is 0 Å². The van der Waals surface area contributed by atoms with Crippen LogP contribution >= 0.6 is 11.8 Å². The molecule has 0 aliphatic heterocycles. The maximum Gasteiger partial charge on any atom is 0.227 e. The molecule has 1 aromatic rings. The number of hydrogen-bond acceptors (Lipinski definition) is 5. The number of carbonyl (C=O) groups excluding carboxylic acids is 1. The number of amides is 1. The summed E-state index contributed by atoms with van der Waals surface area (Å²) in [6.07, 6.45) is 2.93. The van der Waals surface area contributed by atoms with Gasteiger partial charge in [0.25, 0.3) is 0 Å². The highest BCUT2D eigenvalue weighted by molar-refractivity contribution is 7.99. The summed E-state index contributed by atoms with van der Waals surface area (Å²) in [6.45, 7) is 13.3. The SMILES string of the molecule is CS[C@@H](CNC(=O)CCc1nc(C(C)(C)C)no1)C(C)(C)C. The van der Waals surface area contributed by atoms with Gasteiger partial charge in [-0.1, -0.05) is 46.7 Å². The predicted octanol–water partition coefficient (Wildman–Crippen LogP) is 3.19. The fraction of sp³-hybridized carbons (Fsp3) is 0.812. The van der Waals surface area contributed by atoms with Crippen molar-refractivity contribution >= 4 is 17.7 Å². The van der Waals surface area contributed by atoms with Crippen LogP contribution in [0.4, 0.5) is 0 Å². The molecule has 0 bridgehead atoms. The smallest absolute Gasteiger partial charge is 0.227 e. The number of aromatic nitrogens is 2. The number of carbonyl (C=O) groups is 1. The van der Waals surface area contributed by atoms with Gasteiger partial charge in [-0.05, 0) is 11.7 Å². The lowest BCUT2D eigenvalue weighted by atomic mass is 9.91. The summed E-state index contributed by atoms with van der Waals surface area (Å²) in [5.41, 5.74) is 0.0308. The highest BCUT2D eigenvalue weighted by atomic mass is 32.2. The summed E-state index contributed by atoms with van der Waals surface area (Å²) in [6, 6.07) is 0. The Hall–Kier alpha value is -1.04. The van der Waals surface area contributed by atoms with E-state index in [0.717, 1.165) is 0 Å². The molecule has 1 amide bonds. The second kappa shape index (κ2) is 7.49. The number of nitrogens with one attached hydrogen (secondary N) is 1. The third-order valence-corrected chi connectivity index (χ3v) is 4.88. The van der Waals surface area contributed by atoms with Crippen molar-refractivity contribution in [3.05, 3.63) is 11.7 Å². The van der Waals surface area contributed by atoms with Crippen molar-refractivity contribution in [3.63, 3.8) is 0 Å². The monoisotopic (exact) mass is 327 g/mol. The molecule has 1 atom stereocenters. The molecule has 1 aromatic heterocycles. The minimum atomic E-state index is -0.137. The molecule has 0 saturated carbocycles. The van der Waals surface area contributed by atoms with Crippen LogP contribution in [0.2, 0.25) is 0 Å². The van der Waals surface area contributed by atoms with E-state index in [1.165, 1.54) is 0 Å². The zero-order valence-corrected chi connectivity index (χ0v) is 15.6. The summed E-state index contributed by atoms with van der Waals surface area (Å²) < 4.78 is 5.20. The van der Waals surface area contributed by atoms with Crippen LogP contribution in [0.1, 0.15) is 59.7 Å². The van der Waals surface area contributed by atoms with Crippen molar-refractivity contribution in [2.45, 2.75) is 65.0 Å². The van der Waals surface area contributed by atoms with Crippen molar-refractivity contribution in [3.8, 4) is 0 Å². The molecular formula is C16H29N3O2S. The van der Waals surface area contributed by atoms with Crippen molar-refractivity contribution in [2.75, 3.05) is 12.8 Å². The highest BCUT2D eigenvalue weighted by Gasteiger charge is 2.24. The van der Waals surface area contributed by atoms with Gasteiger partial charge in [0.15, 0.2) is 5.82 Å². The topological polar surface area (TPSA) is 68.0 Å². The van der Waals surface area contributed by atoms with E-state index in [4.69, 9.17) is 4.52 Å². The molecule has 1 rings (SSSR count). The Bertz CT molecular complexity index is 486. The Labute approximate surface area is 138 Å². The van der Waals surface area contributed by atoms with E-state index in [-0.39, 0.29) is 16.7 Å². The van der Waals surface area contributed by atoms with Crippen LogP contribution in [0.25, 0.3) is 0 Å². The van der Waals surface area contributed by atoms with Crippen LogP contribution in [-0.4, -0.2) is 34.1 Å². The normalized spacial score (nSPS) is 14.0. The number of thioether (sulfide) groups is 1. The van der Waals surface area contributed by atoms with Crippen molar-refractivity contribution in [2.24, 2.45) is 5.41 Å². The summed E-state index contributed by atoms with van der Waals surface area (Å²) in [4.78, 5) is 16.3. The van der Waals surface area contributed by atoms with Gasteiger partial charge in [-0.3, -0.25) is 4.79 Å². The largest absolute Gasteiger partial charge is 0.355 e. The van der Waals surface area contributed by atoms with Gasteiger partial charge >= 0.3 is 0 Å². The second-order valence-electron chi connectivity index (χ2n) is 7.66. The van der Waals surface area contributed by atoms with Gasteiger partial charge in [0.2, 0.25) is 11.8 Å². The van der Waals surface area contributed by atoms with E-state index in [1.807, 2.05) is 20.8 Å². The molecule has 5 nitrogen and oxygen atoms in total. The lowest BCUT2D eigenvalue weighted by molar-refractivity contribution is -0.121. The van der Waals surface area contributed by atoms with Crippen LogP contribution in [0.5, 0.6) is 0 Å². The molecule has 1 heterocycles. The first kappa shape index (κ1) is 19.0. The van der Waals surface area contributed by atoms with Crippen LogP contribution < -0.4 is 5.32 Å². The lowest BCUT2D eigenvalue weighted by Crippen LogP contribution is -2.37. The molecule has 0 fully saturated rings. The third kappa shape index (κ3) is 5.99. The van der Waals surface area contributed by atoms with Crippen molar-refractivity contribution in [1.29, 1.82) is 0 Å². The van der Waals surface area contributed by atoms with Crippen LogP contribution in [0.3, 0.4) is 0 Å². The van der Waals surface area contributed by atoms with Gasteiger partial charge in [-0.15, -0.1) is 0 Å². The van der Waals surface area contributed by atoms with Gasteiger partial charge in [0.05, 0.1) is 0 Å².